The molecule has 0 saturated heterocycles. The van der Waals surface area contributed by atoms with E-state index in [0.717, 1.165) is 19.4 Å². The fraction of sp³-hybridized carbons (Fsp3) is 0.857. The molecule has 0 unspecified atom stereocenters. The van der Waals surface area contributed by atoms with Gasteiger partial charge in [-0.05, 0) is 26.4 Å². The van der Waals surface area contributed by atoms with Crippen molar-refractivity contribution in [2.24, 2.45) is 0 Å². The molecule has 0 bridgehead atoms. The Morgan fingerprint density at radius 1 is 1.50 bits per heavy atom. The Balaban J connectivity index is 2.96. The van der Waals surface area contributed by atoms with Gasteiger partial charge in [0.15, 0.2) is 0 Å². The molecule has 0 aliphatic rings. The van der Waals surface area contributed by atoms with Crippen LogP contribution in [0.5, 0.6) is 0 Å². The molecule has 3 heteroatoms. The zero-order valence-electron chi connectivity index (χ0n) is 6.64. The van der Waals surface area contributed by atoms with Gasteiger partial charge in [-0.25, -0.2) is 0 Å². The highest BCUT2D eigenvalue weighted by atomic mass is 16.5. The first-order chi connectivity index (χ1) is 4.81. The van der Waals surface area contributed by atoms with E-state index in [1.165, 1.54) is 7.11 Å². The second kappa shape index (κ2) is 6.55. The van der Waals surface area contributed by atoms with Crippen molar-refractivity contribution in [1.82, 2.24) is 5.32 Å². The van der Waals surface area contributed by atoms with Gasteiger partial charge >= 0.3 is 5.97 Å². The Kier molecular flexibility index (Phi) is 6.18. The monoisotopic (exact) mass is 145 g/mol. The minimum atomic E-state index is -0.115. The number of rotatable bonds is 5. The predicted molar refractivity (Wildman–Crippen MR) is 39.8 cm³/mol. The molecule has 1 N–H and O–H groups in total. The zero-order chi connectivity index (χ0) is 7.82. The van der Waals surface area contributed by atoms with Gasteiger partial charge in [-0.1, -0.05) is 0 Å². The normalized spacial score (nSPS) is 9.40. The van der Waals surface area contributed by atoms with Crippen molar-refractivity contribution in [2.75, 3.05) is 20.7 Å². The molecule has 0 radical (unpaired) electrons. The lowest BCUT2D eigenvalue weighted by atomic mass is 10.2. The molecule has 0 saturated carbocycles. The average Bonchev–Trinajstić information content (AvgIpc) is 1.98. The second-order valence-electron chi connectivity index (χ2n) is 2.14. The Morgan fingerprint density at radius 2 is 2.20 bits per heavy atom. The van der Waals surface area contributed by atoms with Crippen LogP contribution in [0.3, 0.4) is 0 Å². The molecule has 0 atom stereocenters. The molecule has 0 aliphatic carbocycles. The van der Waals surface area contributed by atoms with Crippen LogP contribution >= 0.6 is 0 Å². The molecule has 0 amide bonds. The first-order valence-electron chi connectivity index (χ1n) is 3.52. The third-order valence-electron chi connectivity index (χ3n) is 1.29. The van der Waals surface area contributed by atoms with Gasteiger partial charge in [-0.2, -0.15) is 0 Å². The number of methoxy groups -OCH3 is 1. The highest BCUT2D eigenvalue weighted by molar-refractivity contribution is 5.68. The van der Waals surface area contributed by atoms with Crippen molar-refractivity contribution in [1.29, 1.82) is 0 Å². The summed E-state index contributed by atoms with van der Waals surface area (Å²) >= 11 is 0. The van der Waals surface area contributed by atoms with E-state index in [4.69, 9.17) is 0 Å². The summed E-state index contributed by atoms with van der Waals surface area (Å²) in [6.07, 6.45) is 2.48. The number of hydrogen-bond acceptors (Lipinski definition) is 3. The molecule has 60 valence electrons. The highest BCUT2D eigenvalue weighted by Crippen LogP contribution is 1.94. The van der Waals surface area contributed by atoms with E-state index in [-0.39, 0.29) is 5.97 Å². The molecule has 0 spiro atoms. The lowest BCUT2D eigenvalue weighted by molar-refractivity contribution is -0.140. The van der Waals surface area contributed by atoms with Gasteiger partial charge in [0.2, 0.25) is 0 Å². The molecule has 0 rings (SSSR count). The lowest BCUT2D eigenvalue weighted by Gasteiger charge is -1.98. The van der Waals surface area contributed by atoms with Gasteiger partial charge in [0.05, 0.1) is 7.11 Å². The van der Waals surface area contributed by atoms with Gasteiger partial charge in [0, 0.05) is 6.42 Å². The van der Waals surface area contributed by atoms with E-state index in [1.807, 2.05) is 7.05 Å². The molecule has 0 aromatic carbocycles. The summed E-state index contributed by atoms with van der Waals surface area (Å²) in [7, 11) is 3.32. The quantitative estimate of drug-likeness (QED) is 0.453. The average molecular weight is 145 g/mol. The van der Waals surface area contributed by atoms with E-state index in [0.29, 0.717) is 6.42 Å². The maximum absolute atomic E-state index is 10.5. The number of unbranched alkanes of at least 4 members (excludes halogenated alkanes) is 1. The topological polar surface area (TPSA) is 38.3 Å². The van der Waals surface area contributed by atoms with Crippen LogP contribution in [-0.2, 0) is 9.53 Å². The minimum absolute atomic E-state index is 0.115. The standard InChI is InChI=1S/C7H15NO2/c1-8-6-4-3-5-7(9)10-2/h8H,3-6H2,1-2H3. The summed E-state index contributed by atoms with van der Waals surface area (Å²) in [6, 6.07) is 0. The number of hydrogen-bond donors (Lipinski definition) is 1. The Bertz CT molecular complexity index is 93.6. The number of nitrogens with one attached hydrogen (secondary N) is 1. The van der Waals surface area contributed by atoms with Crippen molar-refractivity contribution in [3.05, 3.63) is 0 Å². The van der Waals surface area contributed by atoms with Crippen LogP contribution in [0, 0.1) is 0 Å². The fourth-order valence-electron chi connectivity index (χ4n) is 0.673. The van der Waals surface area contributed by atoms with Crippen LogP contribution in [0.1, 0.15) is 19.3 Å². The van der Waals surface area contributed by atoms with Crippen LogP contribution < -0.4 is 5.32 Å². The van der Waals surface area contributed by atoms with Crippen LogP contribution in [0.2, 0.25) is 0 Å². The van der Waals surface area contributed by atoms with E-state index < -0.39 is 0 Å². The van der Waals surface area contributed by atoms with Gasteiger partial charge in [0.25, 0.3) is 0 Å². The van der Waals surface area contributed by atoms with Crippen molar-refractivity contribution in [3.8, 4) is 0 Å². The van der Waals surface area contributed by atoms with Gasteiger partial charge in [-0.15, -0.1) is 0 Å². The second-order valence-corrected chi connectivity index (χ2v) is 2.14. The van der Waals surface area contributed by atoms with E-state index in [9.17, 15) is 4.79 Å². The predicted octanol–water partition coefficient (Wildman–Crippen LogP) is 0.549. The summed E-state index contributed by atoms with van der Waals surface area (Å²) < 4.78 is 4.47. The van der Waals surface area contributed by atoms with E-state index in [1.54, 1.807) is 0 Å². The highest BCUT2D eigenvalue weighted by Gasteiger charge is 1.97. The molecular formula is C7H15NO2. The molecular weight excluding hydrogens is 130 g/mol. The first-order valence-corrected chi connectivity index (χ1v) is 3.52. The van der Waals surface area contributed by atoms with E-state index >= 15 is 0 Å². The minimum Gasteiger partial charge on any atom is -0.469 e. The Hall–Kier alpha value is -0.570. The van der Waals surface area contributed by atoms with Crippen molar-refractivity contribution < 1.29 is 9.53 Å². The van der Waals surface area contributed by atoms with Gasteiger partial charge in [0.1, 0.15) is 0 Å². The maximum atomic E-state index is 10.5. The smallest absolute Gasteiger partial charge is 0.305 e. The Labute approximate surface area is 61.8 Å². The van der Waals surface area contributed by atoms with Crippen LogP contribution in [0.15, 0.2) is 0 Å². The van der Waals surface area contributed by atoms with Crippen molar-refractivity contribution in [2.45, 2.75) is 19.3 Å². The zero-order valence-corrected chi connectivity index (χ0v) is 6.64. The number of carbonyl (C=O) groups is 1. The number of carbonyl (C=O) groups excluding carboxylic acids is 1. The van der Waals surface area contributed by atoms with Crippen LogP contribution in [0.25, 0.3) is 0 Å². The Morgan fingerprint density at radius 3 is 2.70 bits per heavy atom. The summed E-state index contributed by atoms with van der Waals surface area (Å²) in [4.78, 5) is 10.5. The third-order valence-corrected chi connectivity index (χ3v) is 1.29. The lowest BCUT2D eigenvalue weighted by Crippen LogP contribution is -2.08. The van der Waals surface area contributed by atoms with Gasteiger partial charge in [-0.3, -0.25) is 4.79 Å². The first kappa shape index (κ1) is 9.43. The third kappa shape index (κ3) is 5.56. The molecule has 0 aromatic heterocycles. The molecule has 0 heterocycles. The van der Waals surface area contributed by atoms with Gasteiger partial charge < -0.3 is 10.1 Å². The SMILES string of the molecule is CNCCCCC(=O)OC. The van der Waals surface area contributed by atoms with Crippen LogP contribution in [-0.4, -0.2) is 26.7 Å². The summed E-state index contributed by atoms with van der Waals surface area (Å²) in [5.74, 6) is -0.115. The van der Waals surface area contributed by atoms with Crippen LogP contribution in [0.4, 0.5) is 0 Å². The number of esters is 1. The summed E-state index contributed by atoms with van der Waals surface area (Å²) in [5, 5.41) is 3.01. The molecule has 0 aromatic rings. The largest absolute Gasteiger partial charge is 0.469 e. The molecule has 0 aliphatic heterocycles. The molecule has 10 heavy (non-hydrogen) atoms. The summed E-state index contributed by atoms with van der Waals surface area (Å²) in [5.41, 5.74) is 0. The molecule has 3 nitrogen and oxygen atoms in total. The maximum Gasteiger partial charge on any atom is 0.305 e. The molecule has 0 fully saturated rings. The van der Waals surface area contributed by atoms with Crippen molar-refractivity contribution in [3.63, 3.8) is 0 Å². The number of ether oxygens (including phenoxy) is 1. The van der Waals surface area contributed by atoms with Crippen molar-refractivity contribution >= 4 is 5.97 Å². The van der Waals surface area contributed by atoms with E-state index in [2.05, 4.69) is 10.1 Å². The summed E-state index contributed by atoms with van der Waals surface area (Å²) in [6.45, 7) is 0.969. The fourth-order valence-corrected chi connectivity index (χ4v) is 0.673.